The standard InChI is InChI=1S/C15H16FNO2/c1-10-7-12(16)4-3-11(10)9-19-15-8-13(18-2)5-6-14(15)17/h3-8H,9,17H2,1-2H3. The van der Waals surface area contributed by atoms with Crippen LogP contribution in [0.25, 0.3) is 0 Å². The van der Waals surface area contributed by atoms with Gasteiger partial charge in [-0.05, 0) is 42.3 Å². The maximum absolute atomic E-state index is 13.0. The average molecular weight is 261 g/mol. The van der Waals surface area contributed by atoms with Gasteiger partial charge in [-0.2, -0.15) is 0 Å². The van der Waals surface area contributed by atoms with Crippen LogP contribution in [0.3, 0.4) is 0 Å². The van der Waals surface area contributed by atoms with Crippen molar-refractivity contribution in [2.75, 3.05) is 12.8 Å². The molecule has 19 heavy (non-hydrogen) atoms. The summed E-state index contributed by atoms with van der Waals surface area (Å²) >= 11 is 0. The molecule has 4 heteroatoms. The third-order valence-corrected chi connectivity index (χ3v) is 2.91. The normalized spacial score (nSPS) is 10.3. The van der Waals surface area contributed by atoms with Gasteiger partial charge in [0.2, 0.25) is 0 Å². The van der Waals surface area contributed by atoms with Gasteiger partial charge in [-0.15, -0.1) is 0 Å². The van der Waals surface area contributed by atoms with E-state index < -0.39 is 0 Å². The lowest BCUT2D eigenvalue weighted by atomic mass is 10.1. The van der Waals surface area contributed by atoms with Crippen LogP contribution >= 0.6 is 0 Å². The second-order valence-electron chi connectivity index (χ2n) is 4.26. The fourth-order valence-corrected chi connectivity index (χ4v) is 1.74. The van der Waals surface area contributed by atoms with Gasteiger partial charge in [0, 0.05) is 6.07 Å². The number of rotatable bonds is 4. The van der Waals surface area contributed by atoms with E-state index in [4.69, 9.17) is 15.2 Å². The first kappa shape index (κ1) is 13.2. The predicted octanol–water partition coefficient (Wildman–Crippen LogP) is 3.30. The highest BCUT2D eigenvalue weighted by molar-refractivity contribution is 5.55. The summed E-state index contributed by atoms with van der Waals surface area (Å²) in [5, 5.41) is 0. The molecule has 0 aliphatic heterocycles. The number of nitrogens with two attached hydrogens (primary N) is 1. The number of hydrogen-bond acceptors (Lipinski definition) is 3. The van der Waals surface area contributed by atoms with Crippen LogP contribution in [-0.2, 0) is 6.61 Å². The van der Waals surface area contributed by atoms with Crippen molar-refractivity contribution in [3.05, 3.63) is 53.3 Å². The molecule has 0 saturated heterocycles. The molecule has 0 fully saturated rings. The molecule has 0 aliphatic carbocycles. The van der Waals surface area contributed by atoms with E-state index in [0.717, 1.165) is 11.1 Å². The van der Waals surface area contributed by atoms with E-state index in [1.807, 2.05) is 6.92 Å². The number of halogens is 1. The molecule has 0 aliphatic rings. The Balaban J connectivity index is 2.14. The molecule has 0 bridgehead atoms. The first-order valence-corrected chi connectivity index (χ1v) is 5.91. The third kappa shape index (κ3) is 3.16. The summed E-state index contributed by atoms with van der Waals surface area (Å²) in [6, 6.07) is 9.83. The summed E-state index contributed by atoms with van der Waals surface area (Å²) in [5.74, 6) is 0.991. The largest absolute Gasteiger partial charge is 0.497 e. The van der Waals surface area contributed by atoms with Crippen molar-refractivity contribution in [3.63, 3.8) is 0 Å². The SMILES string of the molecule is COc1ccc(N)c(OCc2ccc(F)cc2C)c1. The lowest BCUT2D eigenvalue weighted by Crippen LogP contribution is -2.01. The van der Waals surface area contributed by atoms with Crippen molar-refractivity contribution < 1.29 is 13.9 Å². The number of hydrogen-bond donors (Lipinski definition) is 1. The van der Waals surface area contributed by atoms with Gasteiger partial charge in [-0.1, -0.05) is 6.07 Å². The van der Waals surface area contributed by atoms with E-state index in [1.165, 1.54) is 12.1 Å². The molecule has 100 valence electrons. The van der Waals surface area contributed by atoms with Gasteiger partial charge in [-0.25, -0.2) is 4.39 Å². The van der Waals surface area contributed by atoms with Gasteiger partial charge in [0.15, 0.2) is 0 Å². The van der Waals surface area contributed by atoms with Crippen LogP contribution in [0.4, 0.5) is 10.1 Å². The van der Waals surface area contributed by atoms with Crippen LogP contribution < -0.4 is 15.2 Å². The Kier molecular flexibility index (Phi) is 3.90. The topological polar surface area (TPSA) is 44.5 Å². The van der Waals surface area contributed by atoms with E-state index in [0.29, 0.717) is 23.8 Å². The Morgan fingerprint density at radius 2 is 1.95 bits per heavy atom. The van der Waals surface area contributed by atoms with Crippen molar-refractivity contribution in [3.8, 4) is 11.5 Å². The average Bonchev–Trinajstić information content (AvgIpc) is 2.39. The lowest BCUT2D eigenvalue weighted by Gasteiger charge is -2.12. The molecular formula is C15H16FNO2. The first-order chi connectivity index (χ1) is 9.10. The molecule has 0 spiro atoms. The zero-order valence-corrected chi connectivity index (χ0v) is 10.9. The molecule has 0 heterocycles. The van der Waals surface area contributed by atoms with E-state index in [-0.39, 0.29) is 5.82 Å². The highest BCUT2D eigenvalue weighted by atomic mass is 19.1. The summed E-state index contributed by atoms with van der Waals surface area (Å²) in [4.78, 5) is 0. The van der Waals surface area contributed by atoms with Crippen molar-refractivity contribution in [2.45, 2.75) is 13.5 Å². The number of methoxy groups -OCH3 is 1. The summed E-state index contributed by atoms with van der Waals surface area (Å²) in [7, 11) is 1.58. The summed E-state index contributed by atoms with van der Waals surface area (Å²) in [6.07, 6.45) is 0. The highest BCUT2D eigenvalue weighted by Crippen LogP contribution is 2.27. The fraction of sp³-hybridized carbons (Fsp3) is 0.200. The maximum atomic E-state index is 13.0. The minimum absolute atomic E-state index is 0.248. The van der Waals surface area contributed by atoms with E-state index >= 15 is 0 Å². The zero-order valence-electron chi connectivity index (χ0n) is 10.9. The Morgan fingerprint density at radius 1 is 1.16 bits per heavy atom. The van der Waals surface area contributed by atoms with Crippen LogP contribution in [0, 0.1) is 12.7 Å². The van der Waals surface area contributed by atoms with Gasteiger partial charge in [0.05, 0.1) is 12.8 Å². The quantitative estimate of drug-likeness (QED) is 0.859. The van der Waals surface area contributed by atoms with Gasteiger partial charge < -0.3 is 15.2 Å². The number of benzene rings is 2. The second-order valence-corrected chi connectivity index (χ2v) is 4.26. The monoisotopic (exact) mass is 261 g/mol. The van der Waals surface area contributed by atoms with Crippen LogP contribution in [-0.4, -0.2) is 7.11 Å². The molecule has 2 aromatic rings. The molecule has 0 unspecified atom stereocenters. The van der Waals surface area contributed by atoms with Crippen LogP contribution in [0.5, 0.6) is 11.5 Å². The van der Waals surface area contributed by atoms with Crippen LogP contribution in [0.1, 0.15) is 11.1 Å². The number of ether oxygens (including phenoxy) is 2. The van der Waals surface area contributed by atoms with E-state index in [1.54, 1.807) is 31.4 Å². The molecular weight excluding hydrogens is 245 g/mol. The Hall–Kier alpha value is -2.23. The molecule has 2 rings (SSSR count). The van der Waals surface area contributed by atoms with Crippen LogP contribution in [0.2, 0.25) is 0 Å². The predicted molar refractivity (Wildman–Crippen MR) is 72.9 cm³/mol. The number of nitrogen functional groups attached to an aromatic ring is 1. The van der Waals surface area contributed by atoms with Gasteiger partial charge in [0.25, 0.3) is 0 Å². The van der Waals surface area contributed by atoms with E-state index in [2.05, 4.69) is 0 Å². The van der Waals surface area contributed by atoms with Gasteiger partial charge in [-0.3, -0.25) is 0 Å². The van der Waals surface area contributed by atoms with Gasteiger partial charge in [0.1, 0.15) is 23.9 Å². The molecule has 3 nitrogen and oxygen atoms in total. The Labute approximate surface area is 111 Å². The minimum atomic E-state index is -0.248. The second kappa shape index (κ2) is 5.61. The summed E-state index contributed by atoms with van der Waals surface area (Å²) in [6.45, 7) is 2.18. The maximum Gasteiger partial charge on any atom is 0.146 e. The smallest absolute Gasteiger partial charge is 0.146 e. The molecule has 0 radical (unpaired) electrons. The van der Waals surface area contributed by atoms with Crippen molar-refractivity contribution in [1.82, 2.24) is 0 Å². The number of anilines is 1. The first-order valence-electron chi connectivity index (χ1n) is 5.91. The van der Waals surface area contributed by atoms with Crippen molar-refractivity contribution in [2.24, 2.45) is 0 Å². The minimum Gasteiger partial charge on any atom is -0.497 e. The Morgan fingerprint density at radius 3 is 2.63 bits per heavy atom. The zero-order chi connectivity index (χ0) is 13.8. The van der Waals surface area contributed by atoms with Crippen molar-refractivity contribution in [1.29, 1.82) is 0 Å². The highest BCUT2D eigenvalue weighted by Gasteiger charge is 2.05. The number of aryl methyl sites for hydroxylation is 1. The van der Waals surface area contributed by atoms with Crippen LogP contribution in [0.15, 0.2) is 36.4 Å². The molecule has 0 amide bonds. The summed E-state index contributed by atoms with van der Waals surface area (Å²) < 4.78 is 23.8. The third-order valence-electron chi connectivity index (χ3n) is 2.91. The van der Waals surface area contributed by atoms with E-state index in [9.17, 15) is 4.39 Å². The molecule has 0 atom stereocenters. The fourth-order valence-electron chi connectivity index (χ4n) is 1.74. The summed E-state index contributed by atoms with van der Waals surface area (Å²) in [5.41, 5.74) is 8.14. The van der Waals surface area contributed by atoms with Gasteiger partial charge >= 0.3 is 0 Å². The molecule has 0 saturated carbocycles. The lowest BCUT2D eigenvalue weighted by molar-refractivity contribution is 0.304. The van der Waals surface area contributed by atoms with Crippen molar-refractivity contribution >= 4 is 5.69 Å². The Bertz CT molecular complexity index is 584. The molecule has 2 N–H and O–H groups in total. The molecule has 2 aromatic carbocycles. The molecule has 0 aromatic heterocycles.